The maximum atomic E-state index is 5.59. The first-order chi connectivity index (χ1) is 8.34. The molecule has 0 radical (unpaired) electrons. The third kappa shape index (κ3) is 4.49. The largest absolute Gasteiger partial charge is 0.378 e. The van der Waals surface area contributed by atoms with E-state index in [2.05, 4.69) is 36.5 Å². The van der Waals surface area contributed by atoms with Gasteiger partial charge in [-0.2, -0.15) is 0 Å². The van der Waals surface area contributed by atoms with E-state index in [1.807, 2.05) is 0 Å². The van der Waals surface area contributed by atoms with Crippen LogP contribution in [0.1, 0.15) is 30.4 Å². The van der Waals surface area contributed by atoms with Crippen LogP contribution < -0.4 is 5.32 Å². The van der Waals surface area contributed by atoms with Crippen LogP contribution in [-0.4, -0.2) is 25.8 Å². The molecule has 0 bridgehead atoms. The summed E-state index contributed by atoms with van der Waals surface area (Å²) in [6.45, 7) is 5.26. The summed E-state index contributed by atoms with van der Waals surface area (Å²) in [7, 11) is 0. The van der Waals surface area contributed by atoms with Crippen molar-refractivity contribution in [1.29, 1.82) is 0 Å². The molecule has 1 aliphatic heterocycles. The Kier molecular flexibility index (Phi) is 5.02. The van der Waals surface area contributed by atoms with Gasteiger partial charge in [0.25, 0.3) is 0 Å². The predicted molar refractivity (Wildman–Crippen MR) is 71.3 cm³/mol. The molecule has 17 heavy (non-hydrogen) atoms. The topological polar surface area (TPSA) is 21.3 Å². The van der Waals surface area contributed by atoms with E-state index in [9.17, 15) is 0 Å². The van der Waals surface area contributed by atoms with Crippen molar-refractivity contribution in [2.45, 2.75) is 38.7 Å². The Bertz CT molecular complexity index is 331. The maximum absolute atomic E-state index is 5.59. The van der Waals surface area contributed by atoms with Crippen molar-refractivity contribution in [3.8, 4) is 0 Å². The van der Waals surface area contributed by atoms with Crippen molar-refractivity contribution < 1.29 is 4.74 Å². The molecule has 1 unspecified atom stereocenters. The Morgan fingerprint density at radius 2 is 2.29 bits per heavy atom. The Labute approximate surface area is 104 Å². The van der Waals surface area contributed by atoms with E-state index in [0.29, 0.717) is 6.10 Å². The Morgan fingerprint density at radius 1 is 1.35 bits per heavy atom. The summed E-state index contributed by atoms with van der Waals surface area (Å²) in [5.41, 5.74) is 2.77. The number of rotatable bonds is 6. The third-order valence-electron chi connectivity index (χ3n) is 3.34. The van der Waals surface area contributed by atoms with E-state index in [0.717, 1.165) is 32.5 Å². The Morgan fingerprint density at radius 3 is 3.06 bits per heavy atom. The van der Waals surface area contributed by atoms with E-state index in [1.54, 1.807) is 0 Å². The molecule has 1 aromatic carbocycles. The van der Waals surface area contributed by atoms with Crippen LogP contribution in [0, 0.1) is 6.92 Å². The fourth-order valence-electron chi connectivity index (χ4n) is 2.36. The zero-order valence-electron chi connectivity index (χ0n) is 10.7. The lowest BCUT2D eigenvalue weighted by molar-refractivity contribution is 0.104. The van der Waals surface area contributed by atoms with Gasteiger partial charge in [-0.1, -0.05) is 29.8 Å². The van der Waals surface area contributed by atoms with Gasteiger partial charge in [0.2, 0.25) is 0 Å². The normalized spacial score (nSPS) is 19.7. The molecule has 1 fully saturated rings. The molecular formula is C15H23NO. The second kappa shape index (κ2) is 6.77. The van der Waals surface area contributed by atoms with Crippen molar-refractivity contribution in [3.05, 3.63) is 35.4 Å². The van der Waals surface area contributed by atoms with Crippen molar-refractivity contribution in [3.63, 3.8) is 0 Å². The smallest absolute Gasteiger partial charge is 0.0588 e. The van der Waals surface area contributed by atoms with Gasteiger partial charge in [0, 0.05) is 6.61 Å². The second-order valence-corrected chi connectivity index (χ2v) is 4.91. The molecule has 1 heterocycles. The lowest BCUT2D eigenvalue weighted by Crippen LogP contribution is -2.22. The van der Waals surface area contributed by atoms with Gasteiger partial charge in [0.15, 0.2) is 0 Å². The summed E-state index contributed by atoms with van der Waals surface area (Å²) < 4.78 is 5.59. The number of hydrogen-bond acceptors (Lipinski definition) is 2. The van der Waals surface area contributed by atoms with E-state index in [1.165, 1.54) is 24.0 Å². The zero-order chi connectivity index (χ0) is 11.9. The molecule has 2 heteroatoms. The first-order valence-corrected chi connectivity index (χ1v) is 6.72. The number of nitrogens with one attached hydrogen (secondary N) is 1. The summed E-state index contributed by atoms with van der Waals surface area (Å²) in [4.78, 5) is 0. The first-order valence-electron chi connectivity index (χ1n) is 6.72. The van der Waals surface area contributed by atoms with Crippen molar-refractivity contribution in [2.75, 3.05) is 19.7 Å². The van der Waals surface area contributed by atoms with Crippen molar-refractivity contribution in [2.24, 2.45) is 0 Å². The van der Waals surface area contributed by atoms with Gasteiger partial charge < -0.3 is 10.1 Å². The fourth-order valence-corrected chi connectivity index (χ4v) is 2.36. The minimum atomic E-state index is 0.515. The maximum Gasteiger partial charge on any atom is 0.0588 e. The van der Waals surface area contributed by atoms with Gasteiger partial charge in [-0.3, -0.25) is 0 Å². The van der Waals surface area contributed by atoms with Crippen LogP contribution in [0.4, 0.5) is 0 Å². The van der Waals surface area contributed by atoms with Gasteiger partial charge in [-0.25, -0.2) is 0 Å². The van der Waals surface area contributed by atoms with Crippen LogP contribution in [0.25, 0.3) is 0 Å². The molecule has 1 atom stereocenters. The molecule has 0 spiro atoms. The fraction of sp³-hybridized carbons (Fsp3) is 0.600. The van der Waals surface area contributed by atoms with Crippen LogP contribution >= 0.6 is 0 Å². The van der Waals surface area contributed by atoms with Crippen molar-refractivity contribution in [1.82, 2.24) is 5.32 Å². The summed E-state index contributed by atoms with van der Waals surface area (Å²) in [6, 6.07) is 8.75. The second-order valence-electron chi connectivity index (χ2n) is 4.91. The van der Waals surface area contributed by atoms with Gasteiger partial charge in [0.05, 0.1) is 6.10 Å². The number of benzene rings is 1. The summed E-state index contributed by atoms with van der Waals surface area (Å²) in [5, 5.41) is 3.50. The molecule has 2 nitrogen and oxygen atoms in total. The highest BCUT2D eigenvalue weighted by Crippen LogP contribution is 2.14. The van der Waals surface area contributed by atoms with Gasteiger partial charge in [0.1, 0.15) is 0 Å². The number of ether oxygens (including phenoxy) is 1. The molecule has 1 N–H and O–H groups in total. The molecular weight excluding hydrogens is 210 g/mol. The van der Waals surface area contributed by atoms with E-state index < -0.39 is 0 Å². The molecule has 2 rings (SSSR count). The molecule has 0 saturated carbocycles. The summed E-state index contributed by atoms with van der Waals surface area (Å²) in [6.07, 6.45) is 5.29. The highest BCUT2D eigenvalue weighted by molar-refractivity contribution is 5.22. The molecule has 1 aromatic rings. The predicted octanol–water partition coefficient (Wildman–Crippen LogP) is 2.70. The van der Waals surface area contributed by atoms with E-state index >= 15 is 0 Å². The molecule has 1 aliphatic rings. The Balaban J connectivity index is 1.56. The van der Waals surface area contributed by atoms with Crippen LogP contribution in [-0.2, 0) is 11.2 Å². The van der Waals surface area contributed by atoms with Gasteiger partial charge in [-0.05, 0) is 51.3 Å². The summed E-state index contributed by atoms with van der Waals surface area (Å²) >= 11 is 0. The van der Waals surface area contributed by atoms with Crippen LogP contribution in [0.15, 0.2) is 24.3 Å². The lowest BCUT2D eigenvalue weighted by atomic mass is 10.1. The quantitative estimate of drug-likeness (QED) is 0.763. The van der Waals surface area contributed by atoms with Crippen LogP contribution in [0.3, 0.4) is 0 Å². The minimum absolute atomic E-state index is 0.515. The average Bonchev–Trinajstić information content (AvgIpc) is 2.82. The minimum Gasteiger partial charge on any atom is -0.378 e. The molecule has 0 aliphatic carbocycles. The third-order valence-corrected chi connectivity index (χ3v) is 3.34. The summed E-state index contributed by atoms with van der Waals surface area (Å²) in [5.74, 6) is 0. The van der Waals surface area contributed by atoms with Crippen LogP contribution in [0.5, 0.6) is 0 Å². The molecule has 94 valence electrons. The van der Waals surface area contributed by atoms with Crippen LogP contribution in [0.2, 0.25) is 0 Å². The van der Waals surface area contributed by atoms with Gasteiger partial charge in [-0.15, -0.1) is 0 Å². The highest BCUT2D eigenvalue weighted by Gasteiger charge is 2.14. The van der Waals surface area contributed by atoms with Gasteiger partial charge >= 0.3 is 0 Å². The highest BCUT2D eigenvalue weighted by atomic mass is 16.5. The standard InChI is InChI=1S/C15H23NO/c1-13-4-2-5-14(12-13)7-9-16-10-8-15-6-3-11-17-15/h2,4-5,12,15-16H,3,6-11H2,1H3. The lowest BCUT2D eigenvalue weighted by Gasteiger charge is -2.10. The molecule has 0 amide bonds. The SMILES string of the molecule is Cc1cccc(CCNCCC2CCCO2)c1. The Hall–Kier alpha value is -0.860. The molecule has 1 saturated heterocycles. The van der Waals surface area contributed by atoms with E-state index in [4.69, 9.17) is 4.74 Å². The monoisotopic (exact) mass is 233 g/mol. The number of hydrogen-bond donors (Lipinski definition) is 1. The molecule has 0 aromatic heterocycles. The number of aryl methyl sites for hydroxylation is 1. The zero-order valence-corrected chi connectivity index (χ0v) is 10.7. The first kappa shape index (κ1) is 12.6. The van der Waals surface area contributed by atoms with Crippen molar-refractivity contribution >= 4 is 0 Å². The average molecular weight is 233 g/mol. The van der Waals surface area contributed by atoms with E-state index in [-0.39, 0.29) is 0 Å².